The highest BCUT2D eigenvalue weighted by Crippen LogP contribution is 2.52. The molecule has 2 aliphatic rings. The molecule has 1 aliphatic heterocycles. The molecule has 0 aromatic carbocycles. The van der Waals surface area contributed by atoms with Gasteiger partial charge in [-0.25, -0.2) is 4.98 Å². The van der Waals surface area contributed by atoms with Gasteiger partial charge in [-0.05, 0) is 71.5 Å². The van der Waals surface area contributed by atoms with Crippen LogP contribution in [0.2, 0.25) is 0 Å². The van der Waals surface area contributed by atoms with E-state index < -0.39 is 0 Å². The summed E-state index contributed by atoms with van der Waals surface area (Å²) in [5.74, 6) is 0.133. The van der Waals surface area contributed by atoms with E-state index >= 15 is 0 Å². The van der Waals surface area contributed by atoms with Crippen LogP contribution in [0.25, 0.3) is 5.65 Å². The zero-order chi connectivity index (χ0) is 18.1. The van der Waals surface area contributed by atoms with Gasteiger partial charge in [0.25, 0.3) is 5.91 Å². The van der Waals surface area contributed by atoms with Crippen molar-refractivity contribution in [2.24, 2.45) is 10.8 Å². The fraction of sp³-hybridized carbons (Fsp3) is 0.600. The molecular formula is C20H26BrN3O. The Hall–Kier alpha value is -1.36. The molecule has 0 spiro atoms. The van der Waals surface area contributed by atoms with Crippen LogP contribution >= 0.6 is 15.9 Å². The van der Waals surface area contributed by atoms with E-state index in [-0.39, 0.29) is 11.3 Å². The van der Waals surface area contributed by atoms with E-state index in [9.17, 15) is 4.79 Å². The highest BCUT2D eigenvalue weighted by Gasteiger charge is 2.51. The standard InChI is InChI=1S/C20H26BrN3O/c1-12-6-15(21)17-22-13(2)16(23(17)9-12)18(25)24-11-20(5)8-14(24)7-19(3,4)10-20/h6,9,14H,7-8,10-11H2,1-5H3. The molecule has 0 N–H and O–H groups in total. The monoisotopic (exact) mass is 403 g/mol. The molecule has 134 valence electrons. The zero-order valence-corrected chi connectivity index (χ0v) is 17.3. The number of carbonyl (C=O) groups excluding carboxylic acids is 1. The smallest absolute Gasteiger partial charge is 0.273 e. The summed E-state index contributed by atoms with van der Waals surface area (Å²) in [7, 11) is 0. The average molecular weight is 404 g/mol. The predicted octanol–water partition coefficient (Wildman–Crippen LogP) is 4.75. The number of nitrogens with zero attached hydrogens (tertiary/aromatic N) is 3. The van der Waals surface area contributed by atoms with E-state index in [1.54, 1.807) is 0 Å². The Morgan fingerprint density at radius 1 is 1.28 bits per heavy atom. The number of rotatable bonds is 1. The van der Waals surface area contributed by atoms with E-state index in [0.29, 0.717) is 17.2 Å². The normalized spacial score (nSPS) is 27.9. The second kappa shape index (κ2) is 5.32. The first kappa shape index (κ1) is 17.1. The van der Waals surface area contributed by atoms with Gasteiger partial charge in [-0.3, -0.25) is 9.20 Å². The van der Waals surface area contributed by atoms with Gasteiger partial charge in [0.05, 0.1) is 10.2 Å². The van der Waals surface area contributed by atoms with Crippen molar-refractivity contribution in [3.05, 3.63) is 33.7 Å². The first-order valence-electron chi connectivity index (χ1n) is 9.04. The van der Waals surface area contributed by atoms with Crippen LogP contribution < -0.4 is 0 Å². The fourth-order valence-corrected chi connectivity index (χ4v) is 6.08. The van der Waals surface area contributed by atoms with E-state index in [1.807, 2.05) is 30.5 Å². The second-order valence-electron chi connectivity index (χ2n) is 9.25. The van der Waals surface area contributed by atoms with Crippen LogP contribution in [0.3, 0.4) is 0 Å². The Balaban J connectivity index is 1.78. The van der Waals surface area contributed by atoms with Crippen LogP contribution in [-0.4, -0.2) is 32.8 Å². The van der Waals surface area contributed by atoms with Gasteiger partial charge in [0, 0.05) is 18.8 Å². The molecule has 3 heterocycles. The summed E-state index contributed by atoms with van der Waals surface area (Å²) in [6.45, 7) is 11.9. The minimum atomic E-state index is 0.133. The molecule has 5 heteroatoms. The molecule has 1 aliphatic carbocycles. The zero-order valence-electron chi connectivity index (χ0n) is 15.7. The molecule has 25 heavy (non-hydrogen) atoms. The van der Waals surface area contributed by atoms with Gasteiger partial charge in [-0.1, -0.05) is 20.8 Å². The van der Waals surface area contributed by atoms with Gasteiger partial charge >= 0.3 is 0 Å². The van der Waals surface area contributed by atoms with Crippen molar-refractivity contribution in [1.29, 1.82) is 0 Å². The van der Waals surface area contributed by atoms with Gasteiger partial charge in [0.15, 0.2) is 5.65 Å². The van der Waals surface area contributed by atoms with Crippen LogP contribution in [0, 0.1) is 24.7 Å². The number of aryl methyl sites for hydroxylation is 2. The van der Waals surface area contributed by atoms with Gasteiger partial charge in [0.2, 0.25) is 0 Å². The topological polar surface area (TPSA) is 37.6 Å². The molecule has 4 nitrogen and oxygen atoms in total. The molecule has 2 aromatic heterocycles. The molecule has 2 fully saturated rings. The Labute approximate surface area is 157 Å². The molecule has 0 radical (unpaired) electrons. The van der Waals surface area contributed by atoms with Crippen molar-refractivity contribution in [2.45, 2.75) is 59.9 Å². The highest BCUT2D eigenvalue weighted by atomic mass is 79.9. The molecule has 1 saturated heterocycles. The second-order valence-corrected chi connectivity index (χ2v) is 10.1. The molecule has 2 unspecified atom stereocenters. The maximum absolute atomic E-state index is 13.5. The lowest BCUT2D eigenvalue weighted by molar-refractivity contribution is 0.0700. The van der Waals surface area contributed by atoms with Crippen molar-refractivity contribution in [2.75, 3.05) is 6.54 Å². The maximum atomic E-state index is 13.5. The first-order valence-corrected chi connectivity index (χ1v) is 9.84. The lowest BCUT2D eigenvalue weighted by atomic mass is 9.65. The van der Waals surface area contributed by atoms with Crippen molar-refractivity contribution >= 4 is 27.5 Å². The number of halogens is 1. The molecule has 2 bridgehead atoms. The lowest BCUT2D eigenvalue weighted by Crippen LogP contribution is -2.38. The molecular weight excluding hydrogens is 378 g/mol. The SMILES string of the molecule is Cc1cc(Br)c2nc(C)c(C(=O)N3CC4(C)CC3CC(C)(C)C4)n2c1. The summed E-state index contributed by atoms with van der Waals surface area (Å²) in [6, 6.07) is 2.39. The summed E-state index contributed by atoms with van der Waals surface area (Å²) < 4.78 is 2.90. The molecule has 2 atom stereocenters. The fourth-order valence-electron chi connectivity index (χ4n) is 5.44. The van der Waals surface area contributed by atoms with Crippen LogP contribution in [0.4, 0.5) is 0 Å². The number of amides is 1. The van der Waals surface area contributed by atoms with E-state index in [0.717, 1.165) is 40.8 Å². The Morgan fingerprint density at radius 3 is 2.72 bits per heavy atom. The number of likely N-dealkylation sites (tertiary alicyclic amines) is 1. The van der Waals surface area contributed by atoms with E-state index in [2.05, 4.69) is 46.6 Å². The van der Waals surface area contributed by atoms with Crippen LogP contribution in [0.1, 0.15) is 61.8 Å². The minimum Gasteiger partial charge on any atom is -0.334 e. The number of imidazole rings is 1. The third kappa shape index (κ3) is 2.71. The van der Waals surface area contributed by atoms with Crippen molar-refractivity contribution < 1.29 is 4.79 Å². The largest absolute Gasteiger partial charge is 0.334 e. The first-order chi connectivity index (χ1) is 11.6. The third-order valence-corrected chi connectivity index (χ3v) is 6.45. The molecule has 4 rings (SSSR count). The maximum Gasteiger partial charge on any atom is 0.273 e. The molecule has 1 saturated carbocycles. The average Bonchev–Trinajstić information content (AvgIpc) is 2.91. The van der Waals surface area contributed by atoms with Crippen molar-refractivity contribution in [3.63, 3.8) is 0 Å². The summed E-state index contributed by atoms with van der Waals surface area (Å²) in [5.41, 5.74) is 4.00. The molecule has 2 aromatic rings. The van der Waals surface area contributed by atoms with Gasteiger partial charge in [0.1, 0.15) is 5.69 Å². The summed E-state index contributed by atoms with van der Waals surface area (Å²) in [4.78, 5) is 20.3. The Kier molecular flexibility index (Phi) is 3.63. The van der Waals surface area contributed by atoms with Crippen LogP contribution in [-0.2, 0) is 0 Å². The highest BCUT2D eigenvalue weighted by molar-refractivity contribution is 9.10. The summed E-state index contributed by atoms with van der Waals surface area (Å²) in [5, 5.41) is 0. The summed E-state index contributed by atoms with van der Waals surface area (Å²) in [6.07, 6.45) is 5.42. The lowest BCUT2D eigenvalue weighted by Gasteiger charge is -2.39. The molecule has 1 amide bonds. The summed E-state index contributed by atoms with van der Waals surface area (Å²) >= 11 is 3.59. The number of fused-ring (bicyclic) bond motifs is 3. The number of aromatic nitrogens is 2. The van der Waals surface area contributed by atoms with Crippen molar-refractivity contribution in [1.82, 2.24) is 14.3 Å². The van der Waals surface area contributed by atoms with Gasteiger partial charge in [-0.2, -0.15) is 0 Å². The number of carbonyl (C=O) groups is 1. The third-order valence-electron chi connectivity index (χ3n) is 5.86. The quantitative estimate of drug-likeness (QED) is 0.688. The number of pyridine rings is 1. The predicted molar refractivity (Wildman–Crippen MR) is 103 cm³/mol. The van der Waals surface area contributed by atoms with Gasteiger partial charge < -0.3 is 4.90 Å². The van der Waals surface area contributed by atoms with Gasteiger partial charge in [-0.15, -0.1) is 0 Å². The Morgan fingerprint density at radius 2 is 2.00 bits per heavy atom. The van der Waals surface area contributed by atoms with E-state index in [1.165, 1.54) is 6.42 Å². The van der Waals surface area contributed by atoms with Crippen LogP contribution in [0.15, 0.2) is 16.7 Å². The van der Waals surface area contributed by atoms with Crippen molar-refractivity contribution in [3.8, 4) is 0 Å². The van der Waals surface area contributed by atoms with Crippen LogP contribution in [0.5, 0.6) is 0 Å². The Bertz CT molecular complexity index is 885. The minimum absolute atomic E-state index is 0.133. The van der Waals surface area contributed by atoms with E-state index in [4.69, 9.17) is 0 Å². The number of hydrogen-bond donors (Lipinski definition) is 0. The number of hydrogen-bond acceptors (Lipinski definition) is 2.